The fourth-order valence-corrected chi connectivity index (χ4v) is 5.70. The van der Waals surface area contributed by atoms with Gasteiger partial charge in [0.1, 0.15) is 30.2 Å². The number of aromatic nitrogens is 4. The van der Waals surface area contributed by atoms with Crippen molar-refractivity contribution in [1.29, 1.82) is 0 Å². The van der Waals surface area contributed by atoms with Crippen LogP contribution in [0.1, 0.15) is 22.9 Å². The molecule has 3 aromatic carbocycles. The second-order valence-electron chi connectivity index (χ2n) is 9.67. The summed E-state index contributed by atoms with van der Waals surface area (Å²) in [6.07, 6.45) is 1.13. The minimum absolute atomic E-state index is 0.197. The molecule has 40 heavy (non-hydrogen) atoms. The Bertz CT molecular complexity index is 1450. The Kier molecular flexibility index (Phi) is 7.27. The molecule has 0 radical (unpaired) electrons. The highest BCUT2D eigenvalue weighted by atomic mass is 16.6. The molecule has 1 saturated heterocycles. The summed E-state index contributed by atoms with van der Waals surface area (Å²) in [5, 5.41) is 13.7. The van der Waals surface area contributed by atoms with Crippen molar-refractivity contribution in [2.24, 2.45) is 0 Å². The molecule has 5 aromatic rings. The van der Waals surface area contributed by atoms with Gasteiger partial charge in [0.05, 0.1) is 12.9 Å². The van der Waals surface area contributed by atoms with Crippen LogP contribution in [0.15, 0.2) is 104 Å². The average Bonchev–Trinajstić information content (AvgIpc) is 3.62. The van der Waals surface area contributed by atoms with Gasteiger partial charge >= 0.3 is 0 Å². The number of aliphatic hydroxyl groups excluding tert-OH is 1. The van der Waals surface area contributed by atoms with Crippen LogP contribution in [-0.2, 0) is 19.7 Å². The van der Waals surface area contributed by atoms with Gasteiger partial charge in [-0.25, -0.2) is 15.0 Å². The van der Waals surface area contributed by atoms with Crippen molar-refractivity contribution >= 4 is 17.0 Å². The van der Waals surface area contributed by atoms with Crippen LogP contribution in [0.5, 0.6) is 0 Å². The van der Waals surface area contributed by atoms with Crippen LogP contribution < -0.4 is 5.32 Å². The maximum absolute atomic E-state index is 9.88. The zero-order valence-electron chi connectivity index (χ0n) is 22.3. The van der Waals surface area contributed by atoms with Crippen molar-refractivity contribution in [3.63, 3.8) is 0 Å². The number of methoxy groups -OCH3 is 2. The third-order valence-corrected chi connectivity index (χ3v) is 7.57. The summed E-state index contributed by atoms with van der Waals surface area (Å²) < 4.78 is 19.3. The van der Waals surface area contributed by atoms with Gasteiger partial charge in [0, 0.05) is 14.2 Å². The fraction of sp³-hybridized carbons (Fsp3) is 0.258. The van der Waals surface area contributed by atoms with Crippen molar-refractivity contribution in [1.82, 2.24) is 19.5 Å². The summed E-state index contributed by atoms with van der Waals surface area (Å²) in [5.41, 5.74) is 3.51. The topological polar surface area (TPSA) is 104 Å². The van der Waals surface area contributed by atoms with Gasteiger partial charge in [-0.05, 0) is 16.7 Å². The lowest BCUT2D eigenvalue weighted by Gasteiger charge is -2.37. The third kappa shape index (κ3) is 4.33. The summed E-state index contributed by atoms with van der Waals surface area (Å²) in [7, 11) is 3.18. The molecule has 9 nitrogen and oxygen atoms in total. The average molecular weight is 538 g/mol. The lowest BCUT2D eigenvalue weighted by molar-refractivity contribution is -0.0583. The Labute approximate surface area is 232 Å². The zero-order chi connectivity index (χ0) is 27.5. The molecule has 0 spiro atoms. The first-order chi connectivity index (χ1) is 19.7. The lowest BCUT2D eigenvalue weighted by atomic mass is 9.77. The van der Waals surface area contributed by atoms with Gasteiger partial charge in [-0.15, -0.1) is 0 Å². The van der Waals surface area contributed by atoms with Gasteiger partial charge in [-0.2, -0.15) is 0 Å². The maximum atomic E-state index is 9.88. The van der Waals surface area contributed by atoms with Crippen LogP contribution in [0.3, 0.4) is 0 Å². The second kappa shape index (κ2) is 11.1. The molecule has 0 aliphatic carbocycles. The van der Waals surface area contributed by atoms with E-state index in [0.29, 0.717) is 17.0 Å². The SMILES string of the molecule is COC1[C@@H](OC)[C@@H](CO)O[C@H]1n1cnc2c(NC(c3ccccc3)(c3ccccc3)c3ccccc3)ncnc21. The Morgan fingerprint density at radius 3 is 1.85 bits per heavy atom. The number of nitrogens with zero attached hydrogens (tertiary/aromatic N) is 4. The van der Waals surface area contributed by atoms with Crippen LogP contribution in [-0.4, -0.2) is 63.8 Å². The first-order valence-electron chi connectivity index (χ1n) is 13.2. The van der Waals surface area contributed by atoms with Gasteiger partial charge in [0.2, 0.25) is 0 Å². The fourth-order valence-electron chi connectivity index (χ4n) is 5.70. The van der Waals surface area contributed by atoms with Crippen LogP contribution in [0.4, 0.5) is 5.82 Å². The Morgan fingerprint density at radius 2 is 1.35 bits per heavy atom. The van der Waals surface area contributed by atoms with Crippen molar-refractivity contribution in [2.75, 3.05) is 26.1 Å². The number of imidazole rings is 1. The molecule has 1 fully saturated rings. The van der Waals surface area contributed by atoms with E-state index >= 15 is 0 Å². The molecule has 9 heteroatoms. The summed E-state index contributed by atoms with van der Waals surface area (Å²) in [4.78, 5) is 14.0. The molecule has 1 aliphatic heterocycles. The molecule has 6 rings (SSSR count). The molecule has 2 aromatic heterocycles. The van der Waals surface area contributed by atoms with Crippen molar-refractivity contribution in [3.05, 3.63) is 120 Å². The van der Waals surface area contributed by atoms with E-state index in [1.54, 1.807) is 20.5 Å². The summed E-state index contributed by atoms with van der Waals surface area (Å²) in [6, 6.07) is 30.9. The quantitative estimate of drug-likeness (QED) is 0.270. The highest BCUT2D eigenvalue weighted by molar-refractivity contribution is 5.84. The van der Waals surface area contributed by atoms with Gasteiger partial charge < -0.3 is 24.6 Å². The van der Waals surface area contributed by atoms with Gasteiger partial charge in [0.25, 0.3) is 0 Å². The maximum Gasteiger partial charge on any atom is 0.167 e. The third-order valence-electron chi connectivity index (χ3n) is 7.57. The monoisotopic (exact) mass is 537 g/mol. The number of rotatable bonds is 9. The number of aliphatic hydroxyl groups is 1. The van der Waals surface area contributed by atoms with E-state index in [4.69, 9.17) is 19.2 Å². The van der Waals surface area contributed by atoms with Crippen molar-refractivity contribution in [2.45, 2.75) is 30.1 Å². The van der Waals surface area contributed by atoms with E-state index in [0.717, 1.165) is 16.7 Å². The van der Waals surface area contributed by atoms with Crippen molar-refractivity contribution in [3.8, 4) is 0 Å². The van der Waals surface area contributed by atoms with E-state index in [1.165, 1.54) is 6.33 Å². The van der Waals surface area contributed by atoms with Gasteiger partial charge in [-0.1, -0.05) is 91.0 Å². The molecule has 0 amide bonds. The molecule has 0 bridgehead atoms. The number of nitrogens with one attached hydrogen (secondary N) is 1. The molecule has 3 heterocycles. The number of fused-ring (bicyclic) bond motifs is 1. The molecule has 0 saturated carbocycles. The number of anilines is 1. The van der Waals surface area contributed by atoms with E-state index in [9.17, 15) is 5.11 Å². The van der Waals surface area contributed by atoms with E-state index in [2.05, 4.69) is 51.7 Å². The largest absolute Gasteiger partial charge is 0.394 e. The predicted octanol–water partition coefficient (Wildman–Crippen LogP) is 4.15. The first-order valence-corrected chi connectivity index (χ1v) is 13.2. The molecular weight excluding hydrogens is 506 g/mol. The summed E-state index contributed by atoms with van der Waals surface area (Å²) in [5.74, 6) is 0.564. The number of benzene rings is 3. The van der Waals surface area contributed by atoms with E-state index < -0.39 is 30.1 Å². The standard InChI is InChI=1S/C31H31N5O4/c1-38-26-24(18-37)40-30(27(26)39-2)36-20-34-25-28(32-19-33-29(25)36)35-31(21-12-6-3-7-13-21,22-14-8-4-9-15-22)23-16-10-5-11-17-23/h3-17,19-20,24,26-27,30,37H,18H2,1-2H3,(H,32,33,35)/t24-,26+,27?,30-/m1/s1. The lowest BCUT2D eigenvalue weighted by Crippen LogP contribution is -2.38. The molecule has 1 aliphatic rings. The predicted molar refractivity (Wildman–Crippen MR) is 151 cm³/mol. The van der Waals surface area contributed by atoms with Gasteiger partial charge in [-0.3, -0.25) is 4.57 Å². The van der Waals surface area contributed by atoms with E-state index in [-0.39, 0.29) is 6.61 Å². The summed E-state index contributed by atoms with van der Waals surface area (Å²) in [6.45, 7) is -0.197. The highest BCUT2D eigenvalue weighted by Crippen LogP contribution is 2.41. The van der Waals surface area contributed by atoms with E-state index in [1.807, 2.05) is 59.2 Å². The van der Waals surface area contributed by atoms with Crippen LogP contribution in [0.2, 0.25) is 0 Å². The van der Waals surface area contributed by atoms with Gasteiger partial charge in [0.15, 0.2) is 23.2 Å². The minimum atomic E-state index is -0.781. The Balaban J connectivity index is 1.51. The molecular formula is C31H31N5O4. The second-order valence-corrected chi connectivity index (χ2v) is 9.67. The summed E-state index contributed by atoms with van der Waals surface area (Å²) >= 11 is 0. The Morgan fingerprint density at radius 1 is 0.800 bits per heavy atom. The number of hydrogen-bond acceptors (Lipinski definition) is 8. The highest BCUT2D eigenvalue weighted by Gasteiger charge is 2.47. The normalized spacial score (nSPS) is 21.1. The smallest absolute Gasteiger partial charge is 0.167 e. The zero-order valence-corrected chi connectivity index (χ0v) is 22.3. The minimum Gasteiger partial charge on any atom is -0.394 e. The van der Waals surface area contributed by atoms with Crippen LogP contribution in [0, 0.1) is 0 Å². The van der Waals surface area contributed by atoms with Crippen LogP contribution in [0.25, 0.3) is 11.2 Å². The van der Waals surface area contributed by atoms with Crippen molar-refractivity contribution < 1.29 is 19.3 Å². The molecule has 1 unspecified atom stereocenters. The molecule has 4 atom stereocenters. The Hall–Kier alpha value is -4.15. The molecule has 204 valence electrons. The number of hydrogen-bond donors (Lipinski definition) is 2. The number of ether oxygens (including phenoxy) is 3. The molecule has 2 N–H and O–H groups in total. The first kappa shape index (κ1) is 26.1. The van der Waals surface area contributed by atoms with Crippen LogP contribution >= 0.6 is 0 Å².